The third-order valence-electron chi connectivity index (χ3n) is 5.74. The van der Waals surface area contributed by atoms with E-state index in [0.29, 0.717) is 76.7 Å². The van der Waals surface area contributed by atoms with Gasteiger partial charge in [-0.15, -0.1) is 0 Å². The molecule has 8 heteroatoms. The van der Waals surface area contributed by atoms with Crippen molar-refractivity contribution < 1.29 is 18.7 Å². The molecule has 7 nitrogen and oxygen atoms in total. The number of rotatable bonds is 5. The number of benzene rings is 1. The molecule has 0 aromatic heterocycles. The molecule has 0 bridgehead atoms. The fraction of sp³-hybridized carbons (Fsp3) is 0.619. The van der Waals surface area contributed by atoms with Gasteiger partial charge in [0.05, 0.1) is 18.9 Å². The molecule has 2 aliphatic rings. The number of carbonyl (C=O) groups is 2. The van der Waals surface area contributed by atoms with Crippen LogP contribution in [0, 0.1) is 11.7 Å². The fourth-order valence-electron chi connectivity index (χ4n) is 3.92. The van der Waals surface area contributed by atoms with E-state index in [-0.39, 0.29) is 23.7 Å². The van der Waals surface area contributed by atoms with Crippen LogP contribution in [-0.2, 0) is 9.53 Å². The summed E-state index contributed by atoms with van der Waals surface area (Å²) in [6, 6.07) is 4.86. The molecule has 2 heterocycles. The lowest BCUT2D eigenvalue weighted by Crippen LogP contribution is -2.47. The van der Waals surface area contributed by atoms with Gasteiger partial charge in [0.25, 0.3) is 0 Å². The fourth-order valence-corrected chi connectivity index (χ4v) is 3.92. The molecule has 0 spiro atoms. The van der Waals surface area contributed by atoms with E-state index in [2.05, 4.69) is 5.32 Å². The van der Waals surface area contributed by atoms with Gasteiger partial charge in [-0.25, -0.2) is 9.18 Å². The van der Waals surface area contributed by atoms with Gasteiger partial charge in [0.15, 0.2) is 0 Å². The van der Waals surface area contributed by atoms with Gasteiger partial charge in [-0.05, 0) is 44.9 Å². The summed E-state index contributed by atoms with van der Waals surface area (Å²) in [5.74, 6) is -0.625. The van der Waals surface area contributed by atoms with Crippen molar-refractivity contribution in [2.24, 2.45) is 5.92 Å². The van der Waals surface area contributed by atoms with Gasteiger partial charge in [0.2, 0.25) is 5.91 Å². The lowest BCUT2D eigenvalue weighted by molar-refractivity contribution is -0.121. The monoisotopic (exact) mass is 406 g/mol. The molecule has 0 saturated carbocycles. The van der Waals surface area contributed by atoms with E-state index in [1.54, 1.807) is 17.0 Å². The maximum Gasteiger partial charge on any atom is 0.319 e. The molecule has 3 rings (SSSR count). The van der Waals surface area contributed by atoms with Crippen LogP contribution in [0.15, 0.2) is 18.2 Å². The lowest BCUT2D eigenvalue weighted by atomic mass is 9.96. The molecule has 2 saturated heterocycles. The SMILES string of the molecule is CCN(CC)C(=O)N1CCC(C(=O)Nc2ccc(N3CCOCC3)c(F)c2)CC1. The zero-order valence-electron chi connectivity index (χ0n) is 17.3. The van der Waals surface area contributed by atoms with Crippen LogP contribution in [0.5, 0.6) is 0 Å². The smallest absolute Gasteiger partial charge is 0.319 e. The summed E-state index contributed by atoms with van der Waals surface area (Å²) in [5.41, 5.74) is 1.00. The largest absolute Gasteiger partial charge is 0.378 e. The van der Waals surface area contributed by atoms with Crippen molar-refractivity contribution in [2.45, 2.75) is 26.7 Å². The van der Waals surface area contributed by atoms with E-state index < -0.39 is 0 Å². The number of carbonyl (C=O) groups excluding carboxylic acids is 2. The summed E-state index contributed by atoms with van der Waals surface area (Å²) in [6.45, 7) is 8.93. The first-order chi connectivity index (χ1) is 14.0. The van der Waals surface area contributed by atoms with Crippen molar-refractivity contribution in [3.05, 3.63) is 24.0 Å². The Morgan fingerprint density at radius 2 is 1.79 bits per heavy atom. The van der Waals surface area contributed by atoms with Crippen LogP contribution >= 0.6 is 0 Å². The summed E-state index contributed by atoms with van der Waals surface area (Å²) < 4.78 is 19.8. The molecule has 29 heavy (non-hydrogen) atoms. The van der Waals surface area contributed by atoms with Crippen LogP contribution in [0.25, 0.3) is 0 Å². The van der Waals surface area contributed by atoms with Gasteiger partial charge >= 0.3 is 6.03 Å². The average molecular weight is 407 g/mol. The Balaban J connectivity index is 1.53. The highest BCUT2D eigenvalue weighted by atomic mass is 19.1. The Labute approximate surface area is 171 Å². The highest BCUT2D eigenvalue weighted by molar-refractivity contribution is 5.93. The van der Waals surface area contributed by atoms with E-state index in [0.717, 1.165) is 0 Å². The number of ether oxygens (including phenoxy) is 1. The lowest BCUT2D eigenvalue weighted by Gasteiger charge is -2.34. The normalized spacial score (nSPS) is 17.9. The van der Waals surface area contributed by atoms with Crippen molar-refractivity contribution >= 4 is 23.3 Å². The zero-order valence-corrected chi connectivity index (χ0v) is 17.3. The maximum atomic E-state index is 14.5. The number of morpholine rings is 1. The standard InChI is InChI=1S/C21H31FN4O3/c1-3-24(4-2)21(28)26-9-7-16(8-10-26)20(27)23-17-5-6-19(18(22)15-17)25-11-13-29-14-12-25/h5-6,15-16H,3-4,7-14H2,1-2H3,(H,23,27). The van der Waals surface area contributed by atoms with E-state index in [9.17, 15) is 14.0 Å². The van der Waals surface area contributed by atoms with Gasteiger partial charge in [-0.1, -0.05) is 0 Å². The molecule has 1 N–H and O–H groups in total. The Morgan fingerprint density at radius 1 is 1.14 bits per heavy atom. The number of hydrogen-bond acceptors (Lipinski definition) is 4. The zero-order chi connectivity index (χ0) is 20.8. The first kappa shape index (κ1) is 21.4. The van der Waals surface area contributed by atoms with Gasteiger partial charge in [-0.2, -0.15) is 0 Å². The number of anilines is 2. The van der Waals surface area contributed by atoms with Gasteiger partial charge in [0, 0.05) is 50.9 Å². The van der Waals surface area contributed by atoms with Crippen LogP contribution in [-0.4, -0.2) is 74.2 Å². The first-order valence-corrected chi connectivity index (χ1v) is 10.5. The highest BCUT2D eigenvalue weighted by Crippen LogP contribution is 2.25. The van der Waals surface area contributed by atoms with E-state index in [1.807, 2.05) is 23.6 Å². The number of amides is 3. The van der Waals surface area contributed by atoms with Crippen molar-refractivity contribution in [3.8, 4) is 0 Å². The highest BCUT2D eigenvalue weighted by Gasteiger charge is 2.29. The predicted molar refractivity (Wildman–Crippen MR) is 111 cm³/mol. The molecule has 2 fully saturated rings. The Hall–Kier alpha value is -2.35. The third kappa shape index (κ3) is 5.18. The summed E-state index contributed by atoms with van der Waals surface area (Å²) in [4.78, 5) is 30.6. The van der Waals surface area contributed by atoms with Gasteiger partial charge in [-0.3, -0.25) is 4.79 Å². The number of urea groups is 1. The quantitative estimate of drug-likeness (QED) is 0.817. The molecule has 2 aliphatic heterocycles. The second-order valence-corrected chi connectivity index (χ2v) is 7.47. The number of halogens is 1. The Morgan fingerprint density at radius 3 is 2.38 bits per heavy atom. The molecular weight excluding hydrogens is 375 g/mol. The average Bonchev–Trinajstić information content (AvgIpc) is 2.75. The van der Waals surface area contributed by atoms with Crippen molar-refractivity contribution in [3.63, 3.8) is 0 Å². The van der Waals surface area contributed by atoms with Crippen LogP contribution in [0.4, 0.5) is 20.6 Å². The van der Waals surface area contributed by atoms with Crippen molar-refractivity contribution in [1.29, 1.82) is 0 Å². The molecule has 0 aliphatic carbocycles. The van der Waals surface area contributed by atoms with E-state index in [4.69, 9.17) is 4.74 Å². The number of piperidine rings is 1. The van der Waals surface area contributed by atoms with Crippen molar-refractivity contribution in [1.82, 2.24) is 9.80 Å². The van der Waals surface area contributed by atoms with Crippen LogP contribution in [0.2, 0.25) is 0 Å². The molecule has 0 radical (unpaired) electrons. The number of hydrogen-bond donors (Lipinski definition) is 1. The molecule has 3 amide bonds. The van der Waals surface area contributed by atoms with E-state index in [1.165, 1.54) is 6.07 Å². The second-order valence-electron chi connectivity index (χ2n) is 7.47. The minimum Gasteiger partial charge on any atom is -0.378 e. The van der Waals surface area contributed by atoms with Crippen LogP contribution in [0.3, 0.4) is 0 Å². The molecule has 1 aromatic rings. The number of nitrogens with one attached hydrogen (secondary N) is 1. The van der Waals surface area contributed by atoms with Crippen LogP contribution < -0.4 is 10.2 Å². The Kier molecular flexibility index (Phi) is 7.30. The molecule has 0 atom stereocenters. The molecular formula is C21H31FN4O3. The van der Waals surface area contributed by atoms with E-state index >= 15 is 0 Å². The van der Waals surface area contributed by atoms with Gasteiger partial charge in [0.1, 0.15) is 5.82 Å². The minimum atomic E-state index is -0.343. The number of nitrogens with zero attached hydrogens (tertiary/aromatic N) is 3. The summed E-state index contributed by atoms with van der Waals surface area (Å²) in [6.07, 6.45) is 1.24. The maximum absolute atomic E-state index is 14.5. The molecule has 0 unspecified atom stereocenters. The topological polar surface area (TPSA) is 65.1 Å². The van der Waals surface area contributed by atoms with Crippen LogP contribution in [0.1, 0.15) is 26.7 Å². The second kappa shape index (κ2) is 9.91. The summed E-state index contributed by atoms with van der Waals surface area (Å²) >= 11 is 0. The molecule has 160 valence electrons. The summed E-state index contributed by atoms with van der Waals surface area (Å²) in [7, 11) is 0. The first-order valence-electron chi connectivity index (χ1n) is 10.5. The minimum absolute atomic E-state index is 0.0367. The number of likely N-dealkylation sites (tertiary alicyclic amines) is 1. The summed E-state index contributed by atoms with van der Waals surface area (Å²) in [5, 5.41) is 2.84. The predicted octanol–water partition coefficient (Wildman–Crippen LogP) is 2.77. The Bertz CT molecular complexity index is 712. The third-order valence-corrected chi connectivity index (χ3v) is 5.74. The van der Waals surface area contributed by atoms with Crippen molar-refractivity contribution in [2.75, 3.05) is 62.7 Å². The van der Waals surface area contributed by atoms with Gasteiger partial charge < -0.3 is 24.8 Å². The molecule has 1 aromatic carbocycles.